The van der Waals surface area contributed by atoms with Gasteiger partial charge in [0.25, 0.3) is 15.9 Å². The molecule has 0 radical (unpaired) electrons. The van der Waals surface area contributed by atoms with Gasteiger partial charge in [0.2, 0.25) is 0 Å². The van der Waals surface area contributed by atoms with Crippen molar-refractivity contribution in [2.75, 3.05) is 23.3 Å². The van der Waals surface area contributed by atoms with Crippen molar-refractivity contribution in [3.63, 3.8) is 0 Å². The molecule has 1 N–H and O–H groups in total. The highest BCUT2D eigenvalue weighted by Crippen LogP contribution is 2.38. The van der Waals surface area contributed by atoms with Gasteiger partial charge in [0.05, 0.1) is 16.3 Å². The number of likely N-dealkylation sites (N-methyl/N-ethyl adjacent to an activating group) is 1. The van der Waals surface area contributed by atoms with Crippen molar-refractivity contribution in [2.45, 2.75) is 4.90 Å². The van der Waals surface area contributed by atoms with Gasteiger partial charge in [-0.25, -0.2) is 8.42 Å². The summed E-state index contributed by atoms with van der Waals surface area (Å²) in [5.41, 5.74) is 0.786. The zero-order valence-electron chi connectivity index (χ0n) is 12.1. The van der Waals surface area contributed by atoms with Crippen LogP contribution in [0.2, 0.25) is 5.02 Å². The summed E-state index contributed by atoms with van der Waals surface area (Å²) < 4.78 is 32.8. The van der Waals surface area contributed by atoms with E-state index in [1.54, 1.807) is 25.2 Å². The Morgan fingerprint density at radius 2 is 1.87 bits per heavy atom. The van der Waals surface area contributed by atoms with Crippen molar-refractivity contribution in [1.82, 2.24) is 0 Å². The molecule has 1 aliphatic rings. The van der Waals surface area contributed by atoms with Crippen LogP contribution >= 0.6 is 11.6 Å². The van der Waals surface area contributed by atoms with Gasteiger partial charge in [0.1, 0.15) is 0 Å². The maximum atomic E-state index is 12.5. The molecule has 8 heteroatoms. The Morgan fingerprint density at radius 1 is 1.17 bits per heavy atom. The van der Waals surface area contributed by atoms with Gasteiger partial charge >= 0.3 is 0 Å². The molecule has 0 unspecified atom stereocenters. The van der Waals surface area contributed by atoms with Crippen molar-refractivity contribution < 1.29 is 17.9 Å². The first kappa shape index (κ1) is 15.6. The molecule has 0 fully saturated rings. The second-order valence-electron chi connectivity index (χ2n) is 4.95. The van der Waals surface area contributed by atoms with E-state index in [0.717, 1.165) is 0 Å². The average Bonchev–Trinajstić information content (AvgIpc) is 2.51. The lowest BCUT2D eigenvalue weighted by molar-refractivity contribution is -0.120. The van der Waals surface area contributed by atoms with E-state index in [9.17, 15) is 13.2 Å². The summed E-state index contributed by atoms with van der Waals surface area (Å²) in [6.07, 6.45) is 0. The SMILES string of the molecule is CN1C(=O)COc2c(NS(=O)(=O)c3ccc(Cl)cc3)cccc21. The highest BCUT2D eigenvalue weighted by molar-refractivity contribution is 7.92. The fourth-order valence-electron chi connectivity index (χ4n) is 2.20. The first-order valence-electron chi connectivity index (χ1n) is 6.69. The number of para-hydroxylation sites is 1. The zero-order chi connectivity index (χ0) is 16.6. The highest BCUT2D eigenvalue weighted by atomic mass is 35.5. The number of benzene rings is 2. The predicted molar refractivity (Wildman–Crippen MR) is 87.6 cm³/mol. The van der Waals surface area contributed by atoms with E-state index in [1.165, 1.54) is 29.2 Å². The lowest BCUT2D eigenvalue weighted by Gasteiger charge is -2.27. The minimum Gasteiger partial charge on any atom is -0.479 e. The number of hydrogen-bond acceptors (Lipinski definition) is 4. The van der Waals surface area contributed by atoms with Crippen LogP contribution in [0.3, 0.4) is 0 Å². The molecule has 0 atom stereocenters. The molecule has 2 aromatic carbocycles. The second kappa shape index (κ2) is 5.75. The highest BCUT2D eigenvalue weighted by Gasteiger charge is 2.26. The molecule has 0 aliphatic carbocycles. The van der Waals surface area contributed by atoms with Gasteiger partial charge in [-0.2, -0.15) is 0 Å². The lowest BCUT2D eigenvalue weighted by Crippen LogP contribution is -2.35. The number of sulfonamides is 1. The molecule has 6 nitrogen and oxygen atoms in total. The van der Waals surface area contributed by atoms with Crippen molar-refractivity contribution in [3.05, 3.63) is 47.5 Å². The number of nitrogens with one attached hydrogen (secondary N) is 1. The molecule has 1 aliphatic heterocycles. The molecule has 0 spiro atoms. The van der Waals surface area contributed by atoms with E-state index >= 15 is 0 Å². The summed E-state index contributed by atoms with van der Waals surface area (Å²) in [7, 11) is -2.17. The monoisotopic (exact) mass is 352 g/mol. The van der Waals surface area contributed by atoms with Crippen LogP contribution in [0, 0.1) is 0 Å². The molecule has 120 valence electrons. The van der Waals surface area contributed by atoms with Crippen LogP contribution in [0.15, 0.2) is 47.4 Å². The molecule has 1 heterocycles. The topological polar surface area (TPSA) is 75.7 Å². The number of hydrogen-bond donors (Lipinski definition) is 1. The minimum atomic E-state index is -3.79. The summed E-state index contributed by atoms with van der Waals surface area (Å²) >= 11 is 5.77. The largest absolute Gasteiger partial charge is 0.479 e. The summed E-state index contributed by atoms with van der Waals surface area (Å²) in [6, 6.07) is 10.7. The quantitative estimate of drug-likeness (QED) is 0.920. The third-order valence-electron chi connectivity index (χ3n) is 3.44. The third kappa shape index (κ3) is 2.97. The van der Waals surface area contributed by atoms with Crippen molar-refractivity contribution in [2.24, 2.45) is 0 Å². The number of halogens is 1. The van der Waals surface area contributed by atoms with Crippen LogP contribution in [-0.2, 0) is 14.8 Å². The van der Waals surface area contributed by atoms with Crippen LogP contribution in [-0.4, -0.2) is 28.0 Å². The molecule has 2 aromatic rings. The van der Waals surface area contributed by atoms with E-state index < -0.39 is 10.0 Å². The number of fused-ring (bicyclic) bond motifs is 1. The maximum Gasteiger partial charge on any atom is 0.264 e. The Balaban J connectivity index is 1.98. The Morgan fingerprint density at radius 3 is 2.57 bits per heavy atom. The zero-order valence-corrected chi connectivity index (χ0v) is 13.7. The fourth-order valence-corrected chi connectivity index (χ4v) is 3.39. The van der Waals surface area contributed by atoms with E-state index in [2.05, 4.69) is 4.72 Å². The molecule has 0 bridgehead atoms. The lowest BCUT2D eigenvalue weighted by atomic mass is 10.2. The van der Waals surface area contributed by atoms with E-state index in [0.29, 0.717) is 16.5 Å². The summed E-state index contributed by atoms with van der Waals surface area (Å²) in [6.45, 7) is -0.136. The van der Waals surface area contributed by atoms with Gasteiger partial charge in [0.15, 0.2) is 12.4 Å². The number of amides is 1. The van der Waals surface area contributed by atoms with Crippen LogP contribution in [0.5, 0.6) is 5.75 Å². The van der Waals surface area contributed by atoms with E-state index in [1.807, 2.05) is 0 Å². The van der Waals surface area contributed by atoms with Gasteiger partial charge in [-0.3, -0.25) is 9.52 Å². The van der Waals surface area contributed by atoms with Gasteiger partial charge in [-0.1, -0.05) is 17.7 Å². The molecule has 0 saturated carbocycles. The minimum absolute atomic E-state index is 0.0831. The molecular formula is C15H13ClN2O4S. The molecule has 3 rings (SSSR count). The first-order valence-corrected chi connectivity index (χ1v) is 8.55. The Bertz CT molecular complexity index is 866. The van der Waals surface area contributed by atoms with Crippen LogP contribution in [0.25, 0.3) is 0 Å². The average molecular weight is 353 g/mol. The molecular weight excluding hydrogens is 340 g/mol. The number of rotatable bonds is 3. The number of anilines is 2. The van der Waals surface area contributed by atoms with Gasteiger partial charge in [-0.05, 0) is 36.4 Å². The van der Waals surface area contributed by atoms with Crippen LogP contribution in [0.4, 0.5) is 11.4 Å². The summed E-state index contributed by atoms with van der Waals surface area (Å²) in [5.74, 6) is 0.127. The first-order chi connectivity index (χ1) is 10.9. The molecule has 1 amide bonds. The number of nitrogens with zero attached hydrogens (tertiary/aromatic N) is 1. The van der Waals surface area contributed by atoms with Gasteiger partial charge < -0.3 is 9.64 Å². The maximum absolute atomic E-state index is 12.5. The number of ether oxygens (including phenoxy) is 1. The van der Waals surface area contributed by atoms with Gasteiger partial charge in [0, 0.05) is 12.1 Å². The standard InChI is InChI=1S/C15H13ClN2O4S/c1-18-13-4-2-3-12(15(13)22-9-14(18)19)17-23(20,21)11-7-5-10(16)6-8-11/h2-8,17H,9H2,1H3. The number of carbonyl (C=O) groups is 1. The van der Waals surface area contributed by atoms with Crippen molar-refractivity contribution in [1.29, 1.82) is 0 Å². The molecule has 0 aromatic heterocycles. The summed E-state index contributed by atoms with van der Waals surface area (Å²) in [5, 5.41) is 0.449. The second-order valence-corrected chi connectivity index (χ2v) is 7.07. The Hall–Kier alpha value is -2.25. The van der Waals surface area contributed by atoms with E-state index in [4.69, 9.17) is 16.3 Å². The third-order valence-corrected chi connectivity index (χ3v) is 5.07. The Kier molecular flexibility index (Phi) is 3.91. The summed E-state index contributed by atoms with van der Waals surface area (Å²) in [4.78, 5) is 13.2. The fraction of sp³-hybridized carbons (Fsp3) is 0.133. The predicted octanol–water partition coefficient (Wildman–Crippen LogP) is 2.50. The van der Waals surface area contributed by atoms with Crippen molar-refractivity contribution >= 4 is 38.9 Å². The van der Waals surface area contributed by atoms with Crippen LogP contribution in [0.1, 0.15) is 0 Å². The van der Waals surface area contributed by atoms with Crippen LogP contribution < -0.4 is 14.4 Å². The molecule has 23 heavy (non-hydrogen) atoms. The van der Waals surface area contributed by atoms with E-state index in [-0.39, 0.29) is 23.1 Å². The number of carbonyl (C=O) groups excluding carboxylic acids is 1. The van der Waals surface area contributed by atoms with Crippen molar-refractivity contribution in [3.8, 4) is 5.75 Å². The molecule has 0 saturated heterocycles. The van der Waals surface area contributed by atoms with Gasteiger partial charge in [-0.15, -0.1) is 0 Å². The Labute approximate surface area is 138 Å². The smallest absolute Gasteiger partial charge is 0.264 e. The normalized spacial score (nSPS) is 14.2.